The van der Waals surface area contributed by atoms with E-state index in [1.54, 1.807) is 0 Å². The Bertz CT molecular complexity index is 1100. The van der Waals surface area contributed by atoms with E-state index in [-0.39, 0.29) is 21.7 Å². The molecule has 0 atom stereocenters. The number of nitrogens with one attached hydrogen (secondary N) is 1. The topological polar surface area (TPSA) is 85.8 Å². The van der Waals surface area contributed by atoms with Gasteiger partial charge in [0.15, 0.2) is 0 Å². The molecule has 3 rings (SSSR count). The molecular formula is C18H15ClF3N5OS. The van der Waals surface area contributed by atoms with Crippen molar-refractivity contribution in [1.29, 1.82) is 0 Å². The van der Waals surface area contributed by atoms with E-state index in [1.807, 2.05) is 31.2 Å². The van der Waals surface area contributed by atoms with Crippen LogP contribution in [0.15, 0.2) is 52.4 Å². The van der Waals surface area contributed by atoms with E-state index in [0.717, 1.165) is 34.0 Å². The van der Waals surface area contributed by atoms with Crippen molar-refractivity contribution in [3.63, 3.8) is 0 Å². The number of nitrogens with zero attached hydrogens (tertiary/aromatic N) is 3. The third-order valence-electron chi connectivity index (χ3n) is 3.86. The van der Waals surface area contributed by atoms with Gasteiger partial charge in [0.2, 0.25) is 11.0 Å². The number of thioether (sulfide) groups is 1. The molecule has 0 amide bonds. The van der Waals surface area contributed by atoms with Gasteiger partial charge in [-0.25, -0.2) is 0 Å². The van der Waals surface area contributed by atoms with Gasteiger partial charge in [-0.05, 0) is 30.7 Å². The van der Waals surface area contributed by atoms with Crippen molar-refractivity contribution in [1.82, 2.24) is 14.9 Å². The molecule has 6 nitrogen and oxygen atoms in total. The van der Waals surface area contributed by atoms with E-state index in [2.05, 4.69) is 15.5 Å². The zero-order valence-corrected chi connectivity index (χ0v) is 16.6. The van der Waals surface area contributed by atoms with Crippen molar-refractivity contribution in [2.45, 2.75) is 24.0 Å². The third kappa shape index (κ3) is 5.01. The molecule has 29 heavy (non-hydrogen) atoms. The molecule has 0 saturated carbocycles. The average Bonchev–Trinajstić information content (AvgIpc) is 2.65. The number of halogens is 4. The molecule has 3 N–H and O–H groups in total. The largest absolute Gasteiger partial charge is 0.416 e. The van der Waals surface area contributed by atoms with Gasteiger partial charge in [-0.1, -0.05) is 53.2 Å². The van der Waals surface area contributed by atoms with Crippen LogP contribution in [0.2, 0.25) is 5.02 Å². The van der Waals surface area contributed by atoms with Gasteiger partial charge in [-0.15, -0.1) is 10.2 Å². The molecule has 0 radical (unpaired) electrons. The van der Waals surface area contributed by atoms with E-state index >= 15 is 0 Å². The van der Waals surface area contributed by atoms with Gasteiger partial charge in [0.25, 0.3) is 0 Å². The summed E-state index contributed by atoms with van der Waals surface area (Å²) in [5, 5.41) is 10.3. The van der Waals surface area contributed by atoms with Crippen LogP contribution in [0.1, 0.15) is 16.7 Å². The molecule has 11 heteroatoms. The third-order valence-corrected chi connectivity index (χ3v) is 5.20. The van der Waals surface area contributed by atoms with E-state index in [0.29, 0.717) is 5.75 Å². The van der Waals surface area contributed by atoms with Crippen LogP contribution in [-0.4, -0.2) is 14.9 Å². The minimum Gasteiger partial charge on any atom is -0.334 e. The second kappa shape index (κ2) is 8.34. The Morgan fingerprint density at radius 1 is 1.21 bits per heavy atom. The number of alkyl halides is 3. The highest BCUT2D eigenvalue weighted by Gasteiger charge is 2.31. The van der Waals surface area contributed by atoms with Crippen LogP contribution in [0.4, 0.5) is 24.7 Å². The number of nitrogens with two attached hydrogens (primary N) is 1. The predicted octanol–water partition coefficient (Wildman–Crippen LogP) is 4.37. The maximum absolute atomic E-state index is 12.9. The van der Waals surface area contributed by atoms with Gasteiger partial charge in [0, 0.05) is 5.75 Å². The standard InChI is InChI=1S/C18H15ClF3N5OS/c1-10-3-2-4-11(7-10)9-29-17-26-25-15(16(28)27(17)23)24-14-8-12(18(20,21)22)5-6-13(14)19/h2-8H,9,23H2,1H3,(H,24,25). The molecule has 2 aromatic carbocycles. The summed E-state index contributed by atoms with van der Waals surface area (Å²) in [5.74, 6) is 5.97. The lowest BCUT2D eigenvalue weighted by molar-refractivity contribution is -0.137. The summed E-state index contributed by atoms with van der Waals surface area (Å²) in [6, 6.07) is 10.5. The van der Waals surface area contributed by atoms with Gasteiger partial charge in [0.05, 0.1) is 16.3 Å². The summed E-state index contributed by atoms with van der Waals surface area (Å²) < 4.78 is 39.5. The molecule has 0 bridgehead atoms. The average molecular weight is 442 g/mol. The Hall–Kier alpha value is -2.72. The second-order valence-electron chi connectivity index (χ2n) is 6.10. The van der Waals surface area contributed by atoms with Crippen molar-refractivity contribution in [2.24, 2.45) is 0 Å². The van der Waals surface area contributed by atoms with Crippen molar-refractivity contribution in [2.75, 3.05) is 11.2 Å². The highest BCUT2D eigenvalue weighted by Crippen LogP contribution is 2.34. The first-order valence-corrected chi connectivity index (χ1v) is 9.58. The van der Waals surface area contributed by atoms with Gasteiger partial charge < -0.3 is 11.2 Å². The first-order chi connectivity index (χ1) is 13.6. The van der Waals surface area contributed by atoms with Gasteiger partial charge >= 0.3 is 11.7 Å². The van der Waals surface area contributed by atoms with E-state index < -0.39 is 17.3 Å². The summed E-state index contributed by atoms with van der Waals surface area (Å²) in [4.78, 5) is 12.4. The van der Waals surface area contributed by atoms with Crippen LogP contribution in [0.5, 0.6) is 0 Å². The maximum Gasteiger partial charge on any atom is 0.416 e. The molecule has 152 valence electrons. The molecule has 0 aliphatic carbocycles. The number of nitrogen functional groups attached to an aromatic ring is 1. The Morgan fingerprint density at radius 3 is 2.66 bits per heavy atom. The monoisotopic (exact) mass is 441 g/mol. The molecule has 0 unspecified atom stereocenters. The molecular weight excluding hydrogens is 427 g/mol. The first kappa shape index (κ1) is 21.0. The molecule has 0 aliphatic heterocycles. The van der Waals surface area contributed by atoms with Crippen LogP contribution in [0, 0.1) is 6.92 Å². The molecule has 1 heterocycles. The van der Waals surface area contributed by atoms with Crippen LogP contribution < -0.4 is 16.7 Å². The Labute approximate surface area is 172 Å². The normalized spacial score (nSPS) is 11.5. The van der Waals surface area contributed by atoms with Crippen LogP contribution in [0.25, 0.3) is 0 Å². The van der Waals surface area contributed by atoms with Gasteiger partial charge in [-0.2, -0.15) is 17.8 Å². The van der Waals surface area contributed by atoms with Crippen molar-refractivity contribution < 1.29 is 13.2 Å². The molecule has 1 aromatic heterocycles. The fraction of sp³-hybridized carbons (Fsp3) is 0.167. The van der Waals surface area contributed by atoms with Gasteiger partial charge in [0.1, 0.15) is 0 Å². The highest BCUT2D eigenvalue weighted by molar-refractivity contribution is 7.98. The summed E-state index contributed by atoms with van der Waals surface area (Å²) in [7, 11) is 0. The minimum absolute atomic E-state index is 0.0133. The first-order valence-electron chi connectivity index (χ1n) is 8.22. The van der Waals surface area contributed by atoms with Crippen molar-refractivity contribution >= 4 is 34.9 Å². The van der Waals surface area contributed by atoms with Crippen molar-refractivity contribution in [3.8, 4) is 0 Å². The van der Waals surface area contributed by atoms with Crippen LogP contribution >= 0.6 is 23.4 Å². The zero-order valence-electron chi connectivity index (χ0n) is 15.0. The lowest BCUT2D eigenvalue weighted by atomic mass is 10.2. The number of aromatic nitrogens is 3. The van der Waals surface area contributed by atoms with E-state index in [1.165, 1.54) is 11.8 Å². The zero-order chi connectivity index (χ0) is 21.2. The van der Waals surface area contributed by atoms with Crippen molar-refractivity contribution in [3.05, 3.63) is 74.5 Å². The lowest BCUT2D eigenvalue weighted by Gasteiger charge is -2.12. The highest BCUT2D eigenvalue weighted by atomic mass is 35.5. The molecule has 0 spiro atoms. The smallest absolute Gasteiger partial charge is 0.334 e. The summed E-state index contributed by atoms with van der Waals surface area (Å²) in [6.07, 6.45) is -4.56. The Morgan fingerprint density at radius 2 is 1.97 bits per heavy atom. The molecule has 3 aromatic rings. The quantitative estimate of drug-likeness (QED) is 0.451. The maximum atomic E-state index is 12.9. The number of hydrogen-bond donors (Lipinski definition) is 2. The minimum atomic E-state index is -4.56. The van der Waals surface area contributed by atoms with E-state index in [4.69, 9.17) is 17.4 Å². The number of aryl methyl sites for hydroxylation is 1. The number of anilines is 2. The molecule has 0 fully saturated rings. The lowest BCUT2D eigenvalue weighted by Crippen LogP contribution is -2.32. The SMILES string of the molecule is Cc1cccc(CSc2nnc(Nc3cc(C(F)(F)F)ccc3Cl)c(=O)n2N)c1. The number of benzene rings is 2. The number of rotatable bonds is 5. The fourth-order valence-electron chi connectivity index (χ4n) is 2.44. The second-order valence-corrected chi connectivity index (χ2v) is 7.45. The fourth-order valence-corrected chi connectivity index (χ4v) is 3.40. The Balaban J connectivity index is 1.82. The Kier molecular flexibility index (Phi) is 6.04. The van der Waals surface area contributed by atoms with Crippen LogP contribution in [-0.2, 0) is 11.9 Å². The van der Waals surface area contributed by atoms with Crippen LogP contribution in [0.3, 0.4) is 0 Å². The summed E-state index contributed by atoms with van der Waals surface area (Å²) in [5.41, 5.74) is 0.308. The summed E-state index contributed by atoms with van der Waals surface area (Å²) in [6.45, 7) is 1.96. The number of hydrogen-bond acceptors (Lipinski definition) is 6. The molecule has 0 saturated heterocycles. The van der Waals surface area contributed by atoms with Gasteiger partial charge in [-0.3, -0.25) is 4.79 Å². The predicted molar refractivity (Wildman–Crippen MR) is 107 cm³/mol. The summed E-state index contributed by atoms with van der Waals surface area (Å²) >= 11 is 7.14. The van der Waals surface area contributed by atoms with E-state index in [9.17, 15) is 18.0 Å². The molecule has 0 aliphatic rings.